The predicted octanol–water partition coefficient (Wildman–Crippen LogP) is 1.80. The van der Waals surface area contributed by atoms with Gasteiger partial charge in [0.05, 0.1) is 7.11 Å². The van der Waals surface area contributed by atoms with Gasteiger partial charge in [0.15, 0.2) is 0 Å². The van der Waals surface area contributed by atoms with E-state index in [4.69, 9.17) is 10.5 Å². The lowest BCUT2D eigenvalue weighted by atomic mass is 10.1. The van der Waals surface area contributed by atoms with E-state index in [0.29, 0.717) is 12.2 Å². The van der Waals surface area contributed by atoms with Gasteiger partial charge in [-0.15, -0.1) is 5.10 Å². The molecule has 2 heterocycles. The van der Waals surface area contributed by atoms with Crippen molar-refractivity contribution < 1.29 is 4.74 Å². The lowest BCUT2D eigenvalue weighted by Crippen LogP contribution is -2.04. The normalized spacial score (nSPS) is 10.6. The lowest BCUT2D eigenvalue weighted by molar-refractivity contribution is 0.411. The highest BCUT2D eigenvalue weighted by molar-refractivity contribution is 5.64. The molecule has 0 spiro atoms. The third kappa shape index (κ3) is 2.36. The molecule has 0 amide bonds. The Morgan fingerprint density at radius 3 is 2.76 bits per heavy atom. The smallest absolute Gasteiger partial charge is 0.144 e. The van der Waals surface area contributed by atoms with Crippen LogP contribution in [0, 0.1) is 0 Å². The molecule has 1 aromatic carbocycles. The number of methoxy groups -OCH3 is 1. The van der Waals surface area contributed by atoms with Gasteiger partial charge in [0, 0.05) is 24.5 Å². The second-order valence-corrected chi connectivity index (χ2v) is 4.41. The van der Waals surface area contributed by atoms with Gasteiger partial charge in [-0.2, -0.15) is 0 Å². The number of hydrogen-bond acceptors (Lipinski definition) is 5. The Morgan fingerprint density at radius 1 is 1.19 bits per heavy atom. The van der Waals surface area contributed by atoms with Crippen molar-refractivity contribution in [2.75, 3.05) is 7.11 Å². The zero-order valence-corrected chi connectivity index (χ0v) is 11.6. The number of para-hydroxylation sites is 2. The first-order valence-corrected chi connectivity index (χ1v) is 6.53. The largest absolute Gasteiger partial charge is 0.494 e. The standard InChI is InChI=1S/C15H15N5O/c1-21-14-7-3-2-6-13(14)20-15(12(9-16)18-19-20)11-5-4-8-17-10-11/h2-8,10H,9,16H2,1H3. The zero-order chi connectivity index (χ0) is 14.7. The van der Waals surface area contributed by atoms with Crippen molar-refractivity contribution in [3.63, 3.8) is 0 Å². The maximum atomic E-state index is 5.78. The molecule has 0 aliphatic carbocycles. The summed E-state index contributed by atoms with van der Waals surface area (Å²) in [6, 6.07) is 11.5. The van der Waals surface area contributed by atoms with Crippen LogP contribution in [0.25, 0.3) is 16.9 Å². The number of nitrogens with two attached hydrogens (primary N) is 1. The van der Waals surface area contributed by atoms with E-state index < -0.39 is 0 Å². The maximum Gasteiger partial charge on any atom is 0.144 e. The Balaban J connectivity index is 2.23. The van der Waals surface area contributed by atoms with E-state index in [1.165, 1.54) is 0 Å². The van der Waals surface area contributed by atoms with Crippen LogP contribution in [-0.4, -0.2) is 27.1 Å². The second-order valence-electron chi connectivity index (χ2n) is 4.41. The van der Waals surface area contributed by atoms with Crippen LogP contribution in [0.15, 0.2) is 48.8 Å². The zero-order valence-electron chi connectivity index (χ0n) is 11.6. The summed E-state index contributed by atoms with van der Waals surface area (Å²) in [7, 11) is 1.63. The van der Waals surface area contributed by atoms with Gasteiger partial charge in [-0.3, -0.25) is 4.98 Å². The topological polar surface area (TPSA) is 78.8 Å². The number of aromatic nitrogens is 4. The Bertz CT molecular complexity index is 739. The molecular formula is C15H15N5O. The van der Waals surface area contributed by atoms with E-state index in [2.05, 4.69) is 15.3 Å². The molecule has 3 rings (SSSR count). The van der Waals surface area contributed by atoms with Crippen molar-refractivity contribution in [2.45, 2.75) is 6.54 Å². The van der Waals surface area contributed by atoms with Gasteiger partial charge in [0.2, 0.25) is 0 Å². The Kier molecular flexibility index (Phi) is 3.61. The van der Waals surface area contributed by atoms with Crippen LogP contribution >= 0.6 is 0 Å². The van der Waals surface area contributed by atoms with Crippen molar-refractivity contribution in [1.29, 1.82) is 0 Å². The molecule has 21 heavy (non-hydrogen) atoms. The van der Waals surface area contributed by atoms with Crippen LogP contribution < -0.4 is 10.5 Å². The SMILES string of the molecule is COc1ccccc1-n1nnc(CN)c1-c1cccnc1. The summed E-state index contributed by atoms with van der Waals surface area (Å²) in [4.78, 5) is 4.15. The molecule has 0 atom stereocenters. The maximum absolute atomic E-state index is 5.78. The van der Waals surface area contributed by atoms with Gasteiger partial charge in [-0.25, -0.2) is 4.68 Å². The van der Waals surface area contributed by atoms with Gasteiger partial charge in [-0.05, 0) is 24.3 Å². The van der Waals surface area contributed by atoms with E-state index in [9.17, 15) is 0 Å². The highest BCUT2D eigenvalue weighted by atomic mass is 16.5. The molecule has 0 radical (unpaired) electrons. The van der Waals surface area contributed by atoms with Gasteiger partial charge in [0.25, 0.3) is 0 Å². The molecule has 0 saturated heterocycles. The molecule has 0 aliphatic heterocycles. The molecule has 0 saturated carbocycles. The summed E-state index contributed by atoms with van der Waals surface area (Å²) in [6.45, 7) is 0.305. The molecule has 6 nitrogen and oxygen atoms in total. The molecule has 2 aromatic heterocycles. The lowest BCUT2D eigenvalue weighted by Gasteiger charge is -2.11. The first-order chi connectivity index (χ1) is 10.3. The summed E-state index contributed by atoms with van der Waals surface area (Å²) in [5.41, 5.74) is 9.05. The summed E-state index contributed by atoms with van der Waals surface area (Å²) in [6.07, 6.45) is 3.49. The molecule has 6 heteroatoms. The Labute approximate surface area is 122 Å². The minimum atomic E-state index is 0.305. The van der Waals surface area contributed by atoms with Crippen molar-refractivity contribution in [3.05, 3.63) is 54.5 Å². The molecule has 0 fully saturated rings. The highest BCUT2D eigenvalue weighted by Crippen LogP contribution is 2.28. The quantitative estimate of drug-likeness (QED) is 0.788. The molecule has 3 aromatic rings. The minimum Gasteiger partial charge on any atom is -0.494 e. The number of pyridine rings is 1. The van der Waals surface area contributed by atoms with Crippen molar-refractivity contribution in [1.82, 2.24) is 20.0 Å². The first-order valence-electron chi connectivity index (χ1n) is 6.53. The highest BCUT2D eigenvalue weighted by Gasteiger charge is 2.17. The van der Waals surface area contributed by atoms with Crippen LogP contribution in [0.1, 0.15) is 5.69 Å². The Morgan fingerprint density at radius 2 is 2.05 bits per heavy atom. The molecule has 0 aliphatic rings. The number of nitrogens with zero attached hydrogens (tertiary/aromatic N) is 4. The third-order valence-corrected chi connectivity index (χ3v) is 3.18. The molecule has 2 N–H and O–H groups in total. The number of rotatable bonds is 4. The van der Waals surface area contributed by atoms with Crippen LogP contribution in [0.2, 0.25) is 0 Å². The monoisotopic (exact) mass is 281 g/mol. The number of ether oxygens (including phenoxy) is 1. The van der Waals surface area contributed by atoms with Gasteiger partial charge in [-0.1, -0.05) is 17.3 Å². The van der Waals surface area contributed by atoms with Crippen LogP contribution in [0.3, 0.4) is 0 Å². The molecule has 106 valence electrons. The summed E-state index contributed by atoms with van der Waals surface area (Å²) in [5, 5.41) is 8.39. The summed E-state index contributed by atoms with van der Waals surface area (Å²) < 4.78 is 7.13. The second kappa shape index (κ2) is 5.72. The van der Waals surface area contributed by atoms with Gasteiger partial charge >= 0.3 is 0 Å². The number of hydrogen-bond donors (Lipinski definition) is 1. The Hall–Kier alpha value is -2.73. The van der Waals surface area contributed by atoms with E-state index >= 15 is 0 Å². The molecular weight excluding hydrogens is 266 g/mol. The number of benzene rings is 1. The van der Waals surface area contributed by atoms with E-state index in [1.54, 1.807) is 24.2 Å². The fourth-order valence-electron chi connectivity index (χ4n) is 2.22. The van der Waals surface area contributed by atoms with E-state index in [0.717, 1.165) is 22.7 Å². The average Bonchev–Trinajstić information content (AvgIpc) is 2.99. The van der Waals surface area contributed by atoms with Crippen LogP contribution in [-0.2, 0) is 6.54 Å². The third-order valence-electron chi connectivity index (χ3n) is 3.18. The fourth-order valence-corrected chi connectivity index (χ4v) is 2.22. The molecule has 0 bridgehead atoms. The van der Waals surface area contributed by atoms with Crippen LogP contribution in [0.4, 0.5) is 0 Å². The molecule has 0 unspecified atom stereocenters. The minimum absolute atomic E-state index is 0.305. The van der Waals surface area contributed by atoms with Crippen molar-refractivity contribution >= 4 is 0 Å². The fraction of sp³-hybridized carbons (Fsp3) is 0.133. The van der Waals surface area contributed by atoms with Crippen molar-refractivity contribution in [2.24, 2.45) is 5.73 Å². The van der Waals surface area contributed by atoms with Crippen LogP contribution in [0.5, 0.6) is 5.75 Å². The predicted molar refractivity (Wildman–Crippen MR) is 79.0 cm³/mol. The van der Waals surface area contributed by atoms with Gasteiger partial charge in [0.1, 0.15) is 22.8 Å². The average molecular weight is 281 g/mol. The summed E-state index contributed by atoms with van der Waals surface area (Å²) >= 11 is 0. The van der Waals surface area contributed by atoms with Crippen molar-refractivity contribution in [3.8, 4) is 22.7 Å². The van der Waals surface area contributed by atoms with E-state index in [-0.39, 0.29) is 0 Å². The summed E-state index contributed by atoms with van der Waals surface area (Å²) in [5.74, 6) is 0.719. The van der Waals surface area contributed by atoms with E-state index in [1.807, 2.05) is 36.4 Å². The van der Waals surface area contributed by atoms with Gasteiger partial charge < -0.3 is 10.5 Å². The first kappa shape index (κ1) is 13.3.